The van der Waals surface area contributed by atoms with Gasteiger partial charge in [0.05, 0.1) is 23.8 Å². The van der Waals surface area contributed by atoms with Crippen molar-refractivity contribution in [2.45, 2.75) is 26.2 Å². The van der Waals surface area contributed by atoms with Crippen molar-refractivity contribution in [3.8, 4) is 5.75 Å². The zero-order valence-electron chi connectivity index (χ0n) is 14.4. The Morgan fingerprint density at radius 3 is 2.62 bits per heavy atom. The summed E-state index contributed by atoms with van der Waals surface area (Å²) in [6, 6.07) is 9.68. The Hall–Kier alpha value is -2.89. The van der Waals surface area contributed by atoms with Crippen LogP contribution in [-0.4, -0.2) is 17.8 Å². The Kier molecular flexibility index (Phi) is 4.11. The van der Waals surface area contributed by atoms with Gasteiger partial charge in [-0.3, -0.25) is 9.59 Å². The number of ether oxygens (including phenoxy) is 1. The number of carbonyl (C=O) groups excluding carboxylic acids is 3. The minimum atomic E-state index is -0.674. The fraction of sp³-hybridized carbons (Fsp3) is 0.350. The van der Waals surface area contributed by atoms with Gasteiger partial charge in [-0.25, -0.2) is 9.69 Å². The standard InChI is InChI=1S/C20H19NO5/c1-12-8-9-13-14(11-12)19(23)21(18(13)22)15-5-2-3-6-16(15)26-20(24)17-7-4-10-25-17/h2-7,10,12-14H,8-9,11H2,1H3. The molecule has 1 aliphatic heterocycles. The van der Waals surface area contributed by atoms with Crippen LogP contribution < -0.4 is 9.64 Å². The predicted molar refractivity (Wildman–Crippen MR) is 92.6 cm³/mol. The first-order chi connectivity index (χ1) is 12.6. The molecule has 4 rings (SSSR count). The van der Waals surface area contributed by atoms with Crippen LogP contribution in [0.25, 0.3) is 0 Å². The molecule has 6 nitrogen and oxygen atoms in total. The van der Waals surface area contributed by atoms with Crippen LogP contribution in [0.5, 0.6) is 5.75 Å². The van der Waals surface area contributed by atoms with Crippen molar-refractivity contribution < 1.29 is 23.5 Å². The lowest BCUT2D eigenvalue weighted by atomic mass is 9.76. The second kappa shape index (κ2) is 6.44. The number of fused-ring (bicyclic) bond motifs is 1. The first-order valence-electron chi connectivity index (χ1n) is 8.78. The average Bonchev–Trinajstić information content (AvgIpc) is 3.24. The van der Waals surface area contributed by atoms with Gasteiger partial charge in [0.25, 0.3) is 0 Å². The summed E-state index contributed by atoms with van der Waals surface area (Å²) in [5.74, 6) is -0.967. The van der Waals surface area contributed by atoms with Gasteiger partial charge in [-0.1, -0.05) is 19.1 Å². The minimum Gasteiger partial charge on any atom is -0.457 e. The van der Waals surface area contributed by atoms with Gasteiger partial charge in [0.2, 0.25) is 17.6 Å². The molecule has 0 bridgehead atoms. The van der Waals surface area contributed by atoms with E-state index in [9.17, 15) is 14.4 Å². The Balaban J connectivity index is 1.65. The van der Waals surface area contributed by atoms with Crippen LogP contribution in [-0.2, 0) is 9.59 Å². The Labute approximate surface area is 150 Å². The summed E-state index contributed by atoms with van der Waals surface area (Å²) in [5, 5.41) is 0. The molecule has 2 aliphatic rings. The fourth-order valence-corrected chi connectivity index (χ4v) is 3.90. The fourth-order valence-electron chi connectivity index (χ4n) is 3.90. The van der Waals surface area contributed by atoms with Crippen molar-refractivity contribution in [1.29, 1.82) is 0 Å². The van der Waals surface area contributed by atoms with Crippen molar-refractivity contribution in [3.05, 3.63) is 48.4 Å². The number of benzene rings is 1. The zero-order valence-corrected chi connectivity index (χ0v) is 14.4. The van der Waals surface area contributed by atoms with E-state index >= 15 is 0 Å². The van der Waals surface area contributed by atoms with E-state index in [4.69, 9.17) is 9.15 Å². The Morgan fingerprint density at radius 2 is 1.85 bits per heavy atom. The number of carbonyl (C=O) groups is 3. The van der Waals surface area contributed by atoms with Crippen LogP contribution in [0.4, 0.5) is 5.69 Å². The highest BCUT2D eigenvalue weighted by atomic mass is 16.5. The maximum absolute atomic E-state index is 12.9. The number of nitrogens with zero attached hydrogens (tertiary/aromatic N) is 1. The van der Waals surface area contributed by atoms with Gasteiger partial charge in [-0.05, 0) is 49.4 Å². The molecule has 0 radical (unpaired) electrons. The normalized spacial score (nSPS) is 25.3. The molecule has 2 aromatic rings. The van der Waals surface area contributed by atoms with E-state index in [0.29, 0.717) is 11.6 Å². The highest BCUT2D eigenvalue weighted by Crippen LogP contribution is 2.44. The highest BCUT2D eigenvalue weighted by molar-refractivity contribution is 6.22. The zero-order chi connectivity index (χ0) is 18.3. The summed E-state index contributed by atoms with van der Waals surface area (Å²) in [7, 11) is 0. The molecule has 1 saturated heterocycles. The lowest BCUT2D eigenvalue weighted by Crippen LogP contribution is -2.31. The summed E-state index contributed by atoms with van der Waals surface area (Å²) in [6.45, 7) is 2.11. The van der Waals surface area contributed by atoms with Crippen molar-refractivity contribution in [2.75, 3.05) is 4.90 Å². The van der Waals surface area contributed by atoms with Crippen LogP contribution in [0.2, 0.25) is 0 Å². The Bertz CT molecular complexity index is 857. The van der Waals surface area contributed by atoms with Gasteiger partial charge in [0.15, 0.2) is 5.75 Å². The predicted octanol–water partition coefficient (Wildman–Crippen LogP) is 3.42. The molecule has 2 fully saturated rings. The summed E-state index contributed by atoms with van der Waals surface area (Å²) in [5.41, 5.74) is 0.310. The van der Waals surface area contributed by atoms with Crippen LogP contribution in [0.1, 0.15) is 36.7 Å². The topological polar surface area (TPSA) is 76.8 Å². The van der Waals surface area contributed by atoms with E-state index in [-0.39, 0.29) is 35.2 Å². The molecule has 1 aromatic heterocycles. The molecule has 2 amide bonds. The smallest absolute Gasteiger partial charge is 0.379 e. The molecule has 1 saturated carbocycles. The lowest BCUT2D eigenvalue weighted by Gasteiger charge is -2.25. The number of furan rings is 1. The summed E-state index contributed by atoms with van der Waals surface area (Å²) >= 11 is 0. The molecule has 0 N–H and O–H groups in total. The van der Waals surface area contributed by atoms with Crippen LogP contribution in [0, 0.1) is 17.8 Å². The third-order valence-electron chi connectivity index (χ3n) is 5.22. The summed E-state index contributed by atoms with van der Waals surface area (Å²) in [4.78, 5) is 39.2. The van der Waals surface area contributed by atoms with Crippen molar-refractivity contribution in [3.63, 3.8) is 0 Å². The Morgan fingerprint density at radius 1 is 1.08 bits per heavy atom. The minimum absolute atomic E-state index is 0.0568. The second-order valence-electron chi connectivity index (χ2n) is 6.98. The van der Waals surface area contributed by atoms with E-state index < -0.39 is 5.97 Å². The number of amides is 2. The van der Waals surface area contributed by atoms with E-state index in [1.54, 1.807) is 30.3 Å². The van der Waals surface area contributed by atoms with Crippen molar-refractivity contribution in [2.24, 2.45) is 17.8 Å². The quantitative estimate of drug-likeness (QED) is 0.480. The molecule has 134 valence electrons. The number of para-hydroxylation sites is 2. The molecule has 26 heavy (non-hydrogen) atoms. The molecule has 3 atom stereocenters. The SMILES string of the molecule is CC1CCC2C(=O)N(c3ccccc3OC(=O)c3ccco3)C(=O)C2C1. The van der Waals surface area contributed by atoms with Gasteiger partial charge in [0, 0.05) is 0 Å². The van der Waals surface area contributed by atoms with E-state index in [0.717, 1.165) is 19.3 Å². The number of esters is 1. The first kappa shape index (κ1) is 16.6. The van der Waals surface area contributed by atoms with E-state index in [1.165, 1.54) is 17.2 Å². The summed E-state index contributed by atoms with van der Waals surface area (Å²) < 4.78 is 10.4. The monoisotopic (exact) mass is 353 g/mol. The second-order valence-corrected chi connectivity index (χ2v) is 6.98. The van der Waals surface area contributed by atoms with E-state index in [1.807, 2.05) is 0 Å². The molecule has 1 aromatic carbocycles. The highest BCUT2D eigenvalue weighted by Gasteiger charge is 2.50. The van der Waals surface area contributed by atoms with Crippen molar-refractivity contribution >= 4 is 23.5 Å². The molecule has 3 unspecified atom stereocenters. The summed E-state index contributed by atoms with van der Waals surface area (Å²) in [6.07, 6.45) is 3.77. The number of anilines is 1. The largest absolute Gasteiger partial charge is 0.457 e. The van der Waals surface area contributed by atoms with Gasteiger partial charge < -0.3 is 9.15 Å². The molecular weight excluding hydrogens is 334 g/mol. The third-order valence-corrected chi connectivity index (χ3v) is 5.22. The molecular formula is C20H19NO5. The number of hydrogen-bond donors (Lipinski definition) is 0. The molecule has 1 aliphatic carbocycles. The first-order valence-corrected chi connectivity index (χ1v) is 8.78. The lowest BCUT2D eigenvalue weighted by molar-refractivity contribution is -0.122. The van der Waals surface area contributed by atoms with Crippen LogP contribution in [0.3, 0.4) is 0 Å². The van der Waals surface area contributed by atoms with Gasteiger partial charge in [-0.2, -0.15) is 0 Å². The van der Waals surface area contributed by atoms with Gasteiger partial charge in [0.1, 0.15) is 0 Å². The number of rotatable bonds is 3. The maximum Gasteiger partial charge on any atom is 0.379 e. The average molecular weight is 353 g/mol. The van der Waals surface area contributed by atoms with Crippen LogP contribution in [0.15, 0.2) is 47.1 Å². The van der Waals surface area contributed by atoms with Crippen molar-refractivity contribution in [1.82, 2.24) is 0 Å². The van der Waals surface area contributed by atoms with Crippen LogP contribution >= 0.6 is 0 Å². The third kappa shape index (κ3) is 2.71. The molecule has 2 heterocycles. The molecule has 0 spiro atoms. The van der Waals surface area contributed by atoms with E-state index in [2.05, 4.69) is 6.92 Å². The van der Waals surface area contributed by atoms with Gasteiger partial charge >= 0.3 is 5.97 Å². The number of imide groups is 1. The number of hydrogen-bond acceptors (Lipinski definition) is 5. The van der Waals surface area contributed by atoms with Gasteiger partial charge in [-0.15, -0.1) is 0 Å². The maximum atomic E-state index is 12.9. The molecule has 6 heteroatoms.